The van der Waals surface area contributed by atoms with Gasteiger partial charge in [0.25, 0.3) is 32.2 Å². The lowest BCUT2D eigenvalue weighted by Gasteiger charge is -1.89. The van der Waals surface area contributed by atoms with Crippen molar-refractivity contribution in [2.75, 3.05) is 76.1 Å². The Balaban J connectivity index is -0.0000000417. The van der Waals surface area contributed by atoms with E-state index >= 15 is 0 Å². The molecular weight excluding hydrogens is 403 g/mol. The van der Waals surface area contributed by atoms with E-state index in [4.69, 9.17) is 20.4 Å². The minimum Gasteiger partial charge on any atom is -0.428 e. The van der Waals surface area contributed by atoms with Crippen molar-refractivity contribution >= 4 is 32.2 Å². The van der Waals surface area contributed by atoms with E-state index in [1.807, 2.05) is 0 Å². The van der Waals surface area contributed by atoms with Crippen LogP contribution in [-0.4, -0.2) is 129 Å². The van der Waals surface area contributed by atoms with Crippen LogP contribution >= 0.6 is 0 Å². The Morgan fingerprint density at radius 2 is 0.900 bits per heavy atom. The van der Waals surface area contributed by atoms with Crippen LogP contribution in [0.1, 0.15) is 19.8 Å². The highest BCUT2D eigenvalue weighted by Crippen LogP contribution is 1.78. The average Bonchev–Trinajstić information content (AvgIpc) is 2.79. The lowest BCUT2D eigenvalue weighted by atomic mass is 10.4. The van der Waals surface area contributed by atoms with Gasteiger partial charge in [-0.3, -0.25) is 0 Å². The van der Waals surface area contributed by atoms with Gasteiger partial charge in [-0.25, -0.2) is 0 Å². The third-order valence-corrected chi connectivity index (χ3v) is 1.27. The van der Waals surface area contributed by atoms with Gasteiger partial charge >= 0.3 is 0 Å². The molecule has 0 aliphatic carbocycles. The summed E-state index contributed by atoms with van der Waals surface area (Å²) in [6.45, 7) is 2.31. The number of aliphatic hydroxyl groups is 4. The van der Waals surface area contributed by atoms with Crippen molar-refractivity contribution in [2.45, 2.75) is 19.8 Å². The van der Waals surface area contributed by atoms with Crippen LogP contribution in [0.25, 0.3) is 0 Å². The first-order chi connectivity index (χ1) is 14.5. The first kappa shape index (κ1) is 47.5. The minimum absolute atomic E-state index is 0.0556. The third-order valence-electron chi connectivity index (χ3n) is 1.27. The number of hydrogen-bond donors (Lipinski definition) is 4. The molecule has 0 spiro atoms. The summed E-state index contributed by atoms with van der Waals surface area (Å²) in [6, 6.07) is 0. The molecule has 0 saturated heterocycles. The normalized spacial score (nSPS) is 7.67. The van der Waals surface area contributed by atoms with E-state index in [-0.39, 0.29) is 20.4 Å². The number of rotatable bonds is 10. The van der Waals surface area contributed by atoms with Crippen molar-refractivity contribution in [3.8, 4) is 0 Å². The van der Waals surface area contributed by atoms with Crippen LogP contribution in [0.3, 0.4) is 0 Å². The fourth-order valence-corrected chi connectivity index (χ4v) is 0.383. The van der Waals surface area contributed by atoms with E-state index in [1.165, 1.54) is 14.2 Å². The van der Waals surface area contributed by atoms with Gasteiger partial charge in [0.2, 0.25) is 0 Å². The maximum atomic E-state index is 8.07. The Morgan fingerprint density at radius 1 is 0.567 bits per heavy atom. The highest BCUT2D eigenvalue weighted by molar-refractivity contribution is 5.99. The summed E-state index contributed by atoms with van der Waals surface area (Å²) < 4.78 is 32.6. The molecule has 0 atom stereocenters. The van der Waals surface area contributed by atoms with Crippen LogP contribution in [0.2, 0.25) is 0 Å². The highest BCUT2D eigenvalue weighted by atomic mass is 16.6. The van der Waals surface area contributed by atoms with E-state index in [0.29, 0.717) is 13.4 Å². The lowest BCUT2D eigenvalue weighted by Crippen LogP contribution is -1.90. The van der Waals surface area contributed by atoms with Gasteiger partial charge in [0, 0.05) is 42.2 Å². The molecule has 0 aliphatic rings. The average molecular weight is 442 g/mol. The molecule has 0 aliphatic heterocycles. The van der Waals surface area contributed by atoms with Gasteiger partial charge in [-0.05, 0) is 6.42 Å². The SMILES string of the molecule is CCCCO.CO.COCO.COCOC.[B]OCO.[B]OCOC.[B]OCO[B]. The highest BCUT2D eigenvalue weighted by Gasteiger charge is 1.69. The van der Waals surface area contributed by atoms with Gasteiger partial charge in [0.15, 0.2) is 0 Å². The summed E-state index contributed by atoms with van der Waals surface area (Å²) in [4.78, 5) is 0. The van der Waals surface area contributed by atoms with E-state index < -0.39 is 6.79 Å². The lowest BCUT2D eigenvalue weighted by molar-refractivity contribution is -0.00272. The van der Waals surface area contributed by atoms with E-state index in [0.717, 1.165) is 20.0 Å². The summed E-state index contributed by atoms with van der Waals surface area (Å²) in [7, 11) is 24.8. The molecule has 0 unspecified atom stereocenters. The van der Waals surface area contributed by atoms with Crippen LogP contribution in [0, 0.1) is 0 Å². The number of unbranched alkanes of at least 4 members (excludes halogenated alkanes) is 1. The smallest absolute Gasteiger partial charge is 0.285 e. The first-order valence-electron chi connectivity index (χ1n) is 7.99. The summed E-state index contributed by atoms with van der Waals surface area (Å²) in [6.07, 6.45) is 2.04. The Labute approximate surface area is 186 Å². The number of methoxy groups -OCH3 is 4. The fraction of sp³-hybridized carbons (Fsp3) is 1.00. The van der Waals surface area contributed by atoms with Crippen molar-refractivity contribution in [3.05, 3.63) is 0 Å². The Kier molecular flexibility index (Phi) is 141. The van der Waals surface area contributed by atoms with Gasteiger partial charge in [0.05, 0.1) is 0 Å². The molecule has 12 nitrogen and oxygen atoms in total. The van der Waals surface area contributed by atoms with Gasteiger partial charge in [-0.1, -0.05) is 13.3 Å². The van der Waals surface area contributed by atoms with Crippen LogP contribution in [-0.2, 0) is 37.6 Å². The molecule has 0 aromatic rings. The van der Waals surface area contributed by atoms with Crippen LogP contribution in [0.5, 0.6) is 0 Å². The second kappa shape index (κ2) is 89.2. The van der Waals surface area contributed by atoms with Crippen molar-refractivity contribution in [2.24, 2.45) is 0 Å². The predicted octanol–water partition coefficient (Wildman–Crippen LogP) is -1.92. The predicted molar refractivity (Wildman–Crippen MR) is 114 cm³/mol. The summed E-state index contributed by atoms with van der Waals surface area (Å²) in [5.41, 5.74) is 0. The van der Waals surface area contributed by atoms with Gasteiger partial charge in [-0.15, -0.1) is 0 Å². The zero-order valence-corrected chi connectivity index (χ0v) is 19.0. The van der Waals surface area contributed by atoms with E-state index in [9.17, 15) is 0 Å². The van der Waals surface area contributed by atoms with Crippen molar-refractivity contribution in [3.63, 3.8) is 0 Å². The van der Waals surface area contributed by atoms with E-state index in [1.54, 1.807) is 14.2 Å². The van der Waals surface area contributed by atoms with Gasteiger partial charge < -0.3 is 58.0 Å². The Hall–Kier alpha value is -0.220. The molecule has 8 radical (unpaired) electrons. The Bertz CT molecular complexity index is 131. The van der Waals surface area contributed by atoms with Crippen LogP contribution < -0.4 is 0 Å². The van der Waals surface area contributed by atoms with E-state index in [2.05, 4.69) is 76.7 Å². The molecule has 30 heavy (non-hydrogen) atoms. The van der Waals surface area contributed by atoms with Gasteiger partial charge in [0.1, 0.15) is 34.0 Å². The number of hydrogen-bond acceptors (Lipinski definition) is 12. The molecule has 0 heterocycles. The van der Waals surface area contributed by atoms with Crippen LogP contribution in [0.15, 0.2) is 0 Å². The molecule has 16 heteroatoms. The van der Waals surface area contributed by atoms with Crippen LogP contribution in [0.4, 0.5) is 0 Å². The van der Waals surface area contributed by atoms with Gasteiger partial charge in [-0.2, -0.15) is 0 Å². The fourth-order valence-electron chi connectivity index (χ4n) is 0.383. The maximum Gasteiger partial charge on any atom is 0.285 e. The quantitative estimate of drug-likeness (QED) is 0.220. The molecule has 0 amide bonds. The number of ether oxygens (including phenoxy) is 4. The maximum absolute atomic E-state index is 8.07. The standard InChI is InChI=1S/C4H10O.C3H8O2.C2H5BO2.C2H6O2.CH2B2O2.CH3BO2.CH4O/c1-2-3-4-5;1-4-3-5-2;1-4-2-5-3;1-4-2-3;2-4-1-5-3;2-4-1-3;1-2/h5H,2-4H2,1H3;3H2,1-2H3;2H2,1H3;3H,2H2,1H3;1H2;3H,1H2;2H,1H3. The zero-order valence-electron chi connectivity index (χ0n) is 19.0. The minimum atomic E-state index is -0.403. The number of aliphatic hydroxyl groups excluding tert-OH is 4. The molecule has 0 saturated carbocycles. The third kappa shape index (κ3) is 208. The monoisotopic (exact) mass is 442 g/mol. The Morgan fingerprint density at radius 3 is 0.900 bits per heavy atom. The summed E-state index contributed by atoms with van der Waals surface area (Å²) in [5.74, 6) is 0. The second-order valence-corrected chi connectivity index (χ2v) is 3.51. The molecule has 0 bridgehead atoms. The molecule has 178 valence electrons. The van der Waals surface area contributed by atoms with Crippen molar-refractivity contribution in [1.29, 1.82) is 0 Å². The molecule has 0 fully saturated rings. The molecule has 4 N–H and O–H groups in total. The summed E-state index contributed by atoms with van der Waals surface area (Å²) >= 11 is 0. The zero-order chi connectivity index (χ0) is 25.3. The largest absolute Gasteiger partial charge is 0.428 e. The molecular formula is C14H38B4O12. The second-order valence-electron chi connectivity index (χ2n) is 3.51. The molecule has 0 aromatic heterocycles. The van der Waals surface area contributed by atoms with Crippen molar-refractivity contribution < 1.29 is 58.0 Å². The topological polar surface area (TPSA) is 155 Å². The first-order valence-corrected chi connectivity index (χ1v) is 7.99. The van der Waals surface area contributed by atoms with Crippen molar-refractivity contribution in [1.82, 2.24) is 0 Å². The summed E-state index contributed by atoms with van der Waals surface area (Å²) in [5, 5.41) is 30.2. The molecule has 0 rings (SSSR count). The molecule has 0 aromatic carbocycles.